The number of nitrogens with one attached hydrogen (secondary N) is 1. The molecule has 2 unspecified atom stereocenters. The Morgan fingerprint density at radius 3 is 2.45 bits per heavy atom. The van der Waals surface area contributed by atoms with E-state index in [-0.39, 0.29) is 11.3 Å². The number of hydrogen-bond donors (Lipinski definition) is 2. The molecule has 0 bridgehead atoms. The van der Waals surface area contributed by atoms with Gasteiger partial charge in [-0.2, -0.15) is 0 Å². The fraction of sp³-hybridized carbons (Fsp3) is 0.857. The molecule has 2 fully saturated rings. The first-order valence-electron chi connectivity index (χ1n) is 7.24. The van der Waals surface area contributed by atoms with Crippen molar-refractivity contribution in [1.29, 1.82) is 0 Å². The highest BCUT2D eigenvalue weighted by molar-refractivity contribution is 5.82. The van der Waals surface area contributed by atoms with Crippen LogP contribution in [0.1, 0.15) is 32.6 Å². The molecule has 0 saturated carbocycles. The Balaban J connectivity index is 1.77. The van der Waals surface area contributed by atoms with E-state index in [1.165, 1.54) is 0 Å². The van der Waals surface area contributed by atoms with Crippen LogP contribution in [-0.4, -0.2) is 60.8 Å². The van der Waals surface area contributed by atoms with Crippen LogP contribution in [0.5, 0.6) is 0 Å². The molecule has 2 atom stereocenters. The third kappa shape index (κ3) is 3.70. The lowest BCUT2D eigenvalue weighted by Crippen LogP contribution is -2.45. The number of aliphatic carboxylic acids is 1. The Labute approximate surface area is 119 Å². The van der Waals surface area contributed by atoms with Crippen molar-refractivity contribution in [3.63, 3.8) is 0 Å². The van der Waals surface area contributed by atoms with Crippen molar-refractivity contribution < 1.29 is 19.4 Å². The van der Waals surface area contributed by atoms with Crippen LogP contribution in [0, 0.1) is 5.41 Å². The van der Waals surface area contributed by atoms with Gasteiger partial charge in [0.05, 0.1) is 0 Å². The molecule has 20 heavy (non-hydrogen) atoms. The maximum atomic E-state index is 12.0. The summed E-state index contributed by atoms with van der Waals surface area (Å²) in [6.07, 6.45) is 1.59. The van der Waals surface area contributed by atoms with Gasteiger partial charge in [0.1, 0.15) is 6.10 Å². The van der Waals surface area contributed by atoms with Crippen LogP contribution in [-0.2, 0) is 14.3 Å². The van der Waals surface area contributed by atoms with Crippen molar-refractivity contribution in [2.45, 2.75) is 44.8 Å². The third-order valence-electron chi connectivity index (χ3n) is 4.47. The van der Waals surface area contributed by atoms with Gasteiger partial charge in [0.2, 0.25) is 5.91 Å². The van der Waals surface area contributed by atoms with E-state index in [9.17, 15) is 9.59 Å². The first kappa shape index (κ1) is 15.3. The minimum atomic E-state index is -0.984. The van der Waals surface area contributed by atoms with E-state index in [2.05, 4.69) is 24.2 Å². The number of amides is 1. The van der Waals surface area contributed by atoms with Gasteiger partial charge in [-0.1, -0.05) is 6.92 Å². The fourth-order valence-corrected chi connectivity index (χ4v) is 2.76. The van der Waals surface area contributed by atoms with Gasteiger partial charge in [-0.15, -0.1) is 0 Å². The van der Waals surface area contributed by atoms with Crippen molar-refractivity contribution in [3.8, 4) is 0 Å². The summed E-state index contributed by atoms with van der Waals surface area (Å²) >= 11 is 0. The normalized spacial score (nSPS) is 30.1. The molecule has 2 heterocycles. The number of likely N-dealkylation sites (tertiary alicyclic amines) is 1. The molecule has 2 aliphatic heterocycles. The van der Waals surface area contributed by atoms with Crippen LogP contribution in [0.2, 0.25) is 0 Å². The van der Waals surface area contributed by atoms with E-state index in [0.717, 1.165) is 25.9 Å². The summed E-state index contributed by atoms with van der Waals surface area (Å²) < 4.78 is 5.25. The van der Waals surface area contributed by atoms with Gasteiger partial charge in [0.15, 0.2) is 6.10 Å². The number of piperidine rings is 1. The minimum absolute atomic E-state index is 0.132. The number of carboxylic acid groups (broad SMARTS) is 1. The van der Waals surface area contributed by atoms with Crippen LogP contribution in [0.4, 0.5) is 0 Å². The SMILES string of the molecule is CN1CCC(C)(CNC(=O)C2CCC(C(=O)O)O2)CC1. The Hall–Kier alpha value is -1.14. The largest absolute Gasteiger partial charge is 0.479 e. The smallest absolute Gasteiger partial charge is 0.332 e. The molecule has 2 rings (SSSR count). The highest BCUT2D eigenvalue weighted by Gasteiger charge is 2.36. The van der Waals surface area contributed by atoms with Crippen LogP contribution in [0.15, 0.2) is 0 Å². The van der Waals surface area contributed by atoms with Gasteiger partial charge in [-0.05, 0) is 51.2 Å². The molecule has 0 spiro atoms. The average molecular weight is 284 g/mol. The Morgan fingerprint density at radius 1 is 1.30 bits per heavy atom. The summed E-state index contributed by atoms with van der Waals surface area (Å²) in [5.41, 5.74) is 0.132. The van der Waals surface area contributed by atoms with Crippen molar-refractivity contribution >= 4 is 11.9 Å². The molecule has 114 valence electrons. The van der Waals surface area contributed by atoms with E-state index in [0.29, 0.717) is 19.4 Å². The van der Waals surface area contributed by atoms with Gasteiger partial charge in [0, 0.05) is 6.54 Å². The number of rotatable bonds is 4. The summed E-state index contributed by atoms with van der Waals surface area (Å²) in [7, 11) is 2.11. The van der Waals surface area contributed by atoms with E-state index >= 15 is 0 Å². The molecule has 0 aromatic heterocycles. The maximum Gasteiger partial charge on any atom is 0.332 e. The van der Waals surface area contributed by atoms with Gasteiger partial charge in [-0.3, -0.25) is 4.79 Å². The molecule has 2 saturated heterocycles. The number of hydrogen-bond acceptors (Lipinski definition) is 4. The van der Waals surface area contributed by atoms with Crippen molar-refractivity contribution in [2.75, 3.05) is 26.7 Å². The first-order valence-corrected chi connectivity index (χ1v) is 7.24. The Bertz CT molecular complexity index is 377. The molecule has 1 amide bonds. The van der Waals surface area contributed by atoms with Crippen LogP contribution in [0.3, 0.4) is 0 Å². The molecule has 0 aromatic rings. The second kappa shape index (κ2) is 6.10. The zero-order valence-corrected chi connectivity index (χ0v) is 12.2. The summed E-state index contributed by atoms with van der Waals surface area (Å²) in [5.74, 6) is -1.16. The standard InChI is InChI=1S/C14H24N2O4/c1-14(5-7-16(2)8-6-14)9-15-12(17)10-3-4-11(20-10)13(18)19/h10-11H,3-9H2,1-2H3,(H,15,17)(H,18,19). The molecular formula is C14H24N2O4. The maximum absolute atomic E-state index is 12.0. The van der Waals surface area contributed by atoms with E-state index in [1.807, 2.05) is 0 Å². The van der Waals surface area contributed by atoms with Crippen LogP contribution >= 0.6 is 0 Å². The molecule has 6 heteroatoms. The number of carbonyl (C=O) groups is 2. The zero-order valence-electron chi connectivity index (χ0n) is 12.2. The number of ether oxygens (including phenoxy) is 1. The molecule has 2 N–H and O–H groups in total. The molecule has 0 radical (unpaired) electrons. The zero-order chi connectivity index (χ0) is 14.8. The van der Waals surface area contributed by atoms with Crippen molar-refractivity contribution in [2.24, 2.45) is 5.41 Å². The monoisotopic (exact) mass is 284 g/mol. The lowest BCUT2D eigenvalue weighted by molar-refractivity contribution is -0.151. The highest BCUT2D eigenvalue weighted by Crippen LogP contribution is 2.29. The summed E-state index contributed by atoms with van der Waals surface area (Å²) in [6.45, 7) is 4.92. The fourth-order valence-electron chi connectivity index (χ4n) is 2.76. The van der Waals surface area contributed by atoms with Crippen molar-refractivity contribution in [3.05, 3.63) is 0 Å². The predicted molar refractivity (Wildman–Crippen MR) is 73.4 cm³/mol. The highest BCUT2D eigenvalue weighted by atomic mass is 16.5. The third-order valence-corrected chi connectivity index (χ3v) is 4.47. The summed E-state index contributed by atoms with van der Waals surface area (Å²) in [4.78, 5) is 25.1. The molecule has 2 aliphatic rings. The van der Waals surface area contributed by atoms with Gasteiger partial charge in [0.25, 0.3) is 0 Å². The van der Waals surface area contributed by atoms with Gasteiger partial charge >= 0.3 is 5.97 Å². The minimum Gasteiger partial charge on any atom is -0.479 e. The molecule has 6 nitrogen and oxygen atoms in total. The number of nitrogens with zero attached hydrogens (tertiary/aromatic N) is 1. The molecule has 0 aliphatic carbocycles. The predicted octanol–water partition coefficient (Wildman–Crippen LogP) is 0.467. The summed E-state index contributed by atoms with van der Waals surface area (Å²) in [5, 5.41) is 11.8. The lowest BCUT2D eigenvalue weighted by atomic mass is 9.80. The van der Waals surface area contributed by atoms with Gasteiger partial charge < -0.3 is 20.1 Å². The number of carboxylic acids is 1. The Kier molecular flexibility index (Phi) is 4.65. The second-order valence-corrected chi connectivity index (χ2v) is 6.36. The first-order chi connectivity index (χ1) is 9.39. The van der Waals surface area contributed by atoms with Crippen LogP contribution in [0.25, 0.3) is 0 Å². The topological polar surface area (TPSA) is 78.9 Å². The summed E-state index contributed by atoms with van der Waals surface area (Å²) in [6, 6.07) is 0. The average Bonchev–Trinajstić information content (AvgIpc) is 2.90. The second-order valence-electron chi connectivity index (χ2n) is 6.36. The van der Waals surface area contributed by atoms with E-state index in [1.54, 1.807) is 0 Å². The number of carbonyl (C=O) groups excluding carboxylic acids is 1. The van der Waals surface area contributed by atoms with Crippen LogP contribution < -0.4 is 5.32 Å². The van der Waals surface area contributed by atoms with E-state index < -0.39 is 18.2 Å². The lowest BCUT2D eigenvalue weighted by Gasteiger charge is -2.38. The molecule has 0 aromatic carbocycles. The van der Waals surface area contributed by atoms with Crippen molar-refractivity contribution in [1.82, 2.24) is 10.2 Å². The quantitative estimate of drug-likeness (QED) is 0.784. The van der Waals surface area contributed by atoms with Gasteiger partial charge in [-0.25, -0.2) is 4.79 Å². The Morgan fingerprint density at radius 2 is 1.90 bits per heavy atom. The van der Waals surface area contributed by atoms with E-state index in [4.69, 9.17) is 9.84 Å². The molecular weight excluding hydrogens is 260 g/mol.